The van der Waals surface area contributed by atoms with Crippen LogP contribution in [0.4, 0.5) is 5.69 Å². The number of hydrogen-bond donors (Lipinski definition) is 1. The molecule has 0 heterocycles. The monoisotopic (exact) mass is 194 g/mol. The minimum absolute atomic E-state index is 0.399. The Kier molecular flexibility index (Phi) is 3.77. The number of hydrogen-bond acceptors (Lipinski definition) is 3. The van der Waals surface area contributed by atoms with Gasteiger partial charge < -0.3 is 15.4 Å². The van der Waals surface area contributed by atoms with Crippen LogP contribution in [0.3, 0.4) is 0 Å². The second-order valence-electron chi connectivity index (χ2n) is 3.70. The summed E-state index contributed by atoms with van der Waals surface area (Å²) in [5.74, 6) is 0.832. The summed E-state index contributed by atoms with van der Waals surface area (Å²) >= 11 is 0. The molecule has 0 spiro atoms. The molecule has 0 bridgehead atoms. The largest absolute Gasteiger partial charge is 0.492 e. The van der Waals surface area contributed by atoms with Gasteiger partial charge in [0.15, 0.2) is 0 Å². The van der Waals surface area contributed by atoms with Crippen LogP contribution < -0.4 is 10.5 Å². The van der Waals surface area contributed by atoms with Crippen LogP contribution in [0.2, 0.25) is 0 Å². The molecule has 78 valence electrons. The average molecular weight is 194 g/mol. The second-order valence-corrected chi connectivity index (χ2v) is 3.70. The van der Waals surface area contributed by atoms with Gasteiger partial charge in [0.05, 0.1) is 0 Å². The van der Waals surface area contributed by atoms with Gasteiger partial charge in [0.25, 0.3) is 0 Å². The van der Waals surface area contributed by atoms with E-state index < -0.39 is 0 Å². The van der Waals surface area contributed by atoms with Gasteiger partial charge in [-0.1, -0.05) is 6.07 Å². The van der Waals surface area contributed by atoms with Crippen LogP contribution in [0.1, 0.15) is 6.92 Å². The van der Waals surface area contributed by atoms with E-state index in [1.165, 1.54) is 0 Å². The molecule has 2 N–H and O–H groups in total. The van der Waals surface area contributed by atoms with Gasteiger partial charge in [0, 0.05) is 17.8 Å². The maximum atomic E-state index is 5.63. The molecule has 1 rings (SSSR count). The topological polar surface area (TPSA) is 38.5 Å². The molecule has 0 saturated heterocycles. The van der Waals surface area contributed by atoms with Crippen molar-refractivity contribution in [3.05, 3.63) is 24.3 Å². The Morgan fingerprint density at radius 1 is 1.43 bits per heavy atom. The highest BCUT2D eigenvalue weighted by molar-refractivity contribution is 5.43. The molecule has 0 aliphatic rings. The highest BCUT2D eigenvalue weighted by Gasteiger charge is 2.04. The van der Waals surface area contributed by atoms with Crippen LogP contribution in [-0.2, 0) is 0 Å². The van der Waals surface area contributed by atoms with Crippen molar-refractivity contribution in [1.82, 2.24) is 4.90 Å². The third-order valence-electron chi connectivity index (χ3n) is 2.23. The number of nitrogen functional groups attached to an aromatic ring is 1. The number of nitrogens with two attached hydrogens (primary N) is 1. The Bertz CT molecular complexity index is 286. The van der Waals surface area contributed by atoms with E-state index in [1.54, 1.807) is 0 Å². The number of likely N-dealkylation sites (N-methyl/N-ethyl adjacent to an activating group) is 1. The van der Waals surface area contributed by atoms with Gasteiger partial charge in [-0.25, -0.2) is 0 Å². The fourth-order valence-electron chi connectivity index (χ4n) is 0.970. The van der Waals surface area contributed by atoms with Crippen molar-refractivity contribution < 1.29 is 4.74 Å². The van der Waals surface area contributed by atoms with Crippen molar-refractivity contribution in [2.24, 2.45) is 0 Å². The van der Waals surface area contributed by atoms with Crippen molar-refractivity contribution in [1.29, 1.82) is 0 Å². The van der Waals surface area contributed by atoms with E-state index in [9.17, 15) is 0 Å². The van der Waals surface area contributed by atoms with Crippen LogP contribution in [0.25, 0.3) is 0 Å². The number of ether oxygens (including phenoxy) is 1. The lowest BCUT2D eigenvalue weighted by molar-refractivity contribution is 0.198. The first-order valence-electron chi connectivity index (χ1n) is 4.74. The molecular weight excluding hydrogens is 176 g/mol. The molecule has 0 unspecified atom stereocenters. The standard InChI is InChI=1S/C11H18N2O/c1-9(13(2)3)8-14-11-6-4-5-10(12)7-11/h4-7,9H,8,12H2,1-3H3/t9-/m1/s1. The molecule has 1 aromatic rings. The summed E-state index contributed by atoms with van der Waals surface area (Å²) < 4.78 is 5.59. The SMILES string of the molecule is C[C@H](COc1cccc(N)c1)N(C)C. The summed E-state index contributed by atoms with van der Waals surface area (Å²) in [5.41, 5.74) is 6.37. The first-order valence-corrected chi connectivity index (χ1v) is 4.74. The van der Waals surface area contributed by atoms with Crippen LogP contribution in [-0.4, -0.2) is 31.6 Å². The molecule has 3 heteroatoms. The first kappa shape index (κ1) is 10.9. The van der Waals surface area contributed by atoms with E-state index in [-0.39, 0.29) is 0 Å². The smallest absolute Gasteiger partial charge is 0.121 e. The summed E-state index contributed by atoms with van der Waals surface area (Å²) in [6.45, 7) is 2.79. The molecule has 14 heavy (non-hydrogen) atoms. The average Bonchev–Trinajstić information content (AvgIpc) is 2.14. The van der Waals surface area contributed by atoms with Crippen molar-refractivity contribution in [2.75, 3.05) is 26.4 Å². The van der Waals surface area contributed by atoms with Gasteiger partial charge in [0.2, 0.25) is 0 Å². The molecule has 3 nitrogen and oxygen atoms in total. The molecule has 0 radical (unpaired) electrons. The van der Waals surface area contributed by atoms with Gasteiger partial charge in [-0.3, -0.25) is 0 Å². The highest BCUT2D eigenvalue weighted by atomic mass is 16.5. The number of rotatable bonds is 4. The molecule has 1 atom stereocenters. The van der Waals surface area contributed by atoms with Crippen molar-refractivity contribution >= 4 is 5.69 Å². The Morgan fingerprint density at radius 3 is 2.71 bits per heavy atom. The predicted octanol–water partition coefficient (Wildman–Crippen LogP) is 1.60. The van der Waals surface area contributed by atoms with E-state index in [0.717, 1.165) is 11.4 Å². The Labute approximate surface area is 85.5 Å². The zero-order chi connectivity index (χ0) is 10.6. The molecule has 0 aliphatic heterocycles. The number of benzene rings is 1. The van der Waals surface area contributed by atoms with Crippen LogP contribution in [0.5, 0.6) is 5.75 Å². The number of anilines is 1. The summed E-state index contributed by atoms with van der Waals surface area (Å²) in [6, 6.07) is 7.89. The lowest BCUT2D eigenvalue weighted by atomic mass is 10.3. The molecule has 0 fully saturated rings. The van der Waals surface area contributed by atoms with Crippen molar-refractivity contribution in [3.63, 3.8) is 0 Å². The Balaban J connectivity index is 2.45. The fourth-order valence-corrected chi connectivity index (χ4v) is 0.970. The zero-order valence-electron chi connectivity index (χ0n) is 9.03. The Hall–Kier alpha value is -1.22. The molecule has 0 amide bonds. The van der Waals surface area contributed by atoms with E-state index in [1.807, 2.05) is 38.4 Å². The fraction of sp³-hybridized carbons (Fsp3) is 0.455. The van der Waals surface area contributed by atoms with Gasteiger partial charge in [0.1, 0.15) is 12.4 Å². The minimum atomic E-state index is 0.399. The van der Waals surface area contributed by atoms with Gasteiger partial charge in [-0.15, -0.1) is 0 Å². The normalized spacial score (nSPS) is 12.9. The van der Waals surface area contributed by atoms with Crippen LogP contribution >= 0.6 is 0 Å². The number of nitrogens with zero attached hydrogens (tertiary/aromatic N) is 1. The molecule has 1 aromatic carbocycles. The van der Waals surface area contributed by atoms with E-state index >= 15 is 0 Å². The van der Waals surface area contributed by atoms with Gasteiger partial charge in [-0.05, 0) is 33.2 Å². The summed E-state index contributed by atoms with van der Waals surface area (Å²) in [5, 5.41) is 0. The molecule has 0 saturated carbocycles. The van der Waals surface area contributed by atoms with Crippen LogP contribution in [0.15, 0.2) is 24.3 Å². The third-order valence-corrected chi connectivity index (χ3v) is 2.23. The van der Waals surface area contributed by atoms with Gasteiger partial charge in [-0.2, -0.15) is 0 Å². The highest BCUT2D eigenvalue weighted by Crippen LogP contribution is 2.14. The lowest BCUT2D eigenvalue weighted by Crippen LogP contribution is -2.30. The van der Waals surface area contributed by atoms with Crippen molar-refractivity contribution in [2.45, 2.75) is 13.0 Å². The van der Waals surface area contributed by atoms with E-state index in [4.69, 9.17) is 10.5 Å². The maximum Gasteiger partial charge on any atom is 0.121 e. The van der Waals surface area contributed by atoms with E-state index in [2.05, 4.69) is 11.8 Å². The first-order chi connectivity index (χ1) is 6.59. The maximum absolute atomic E-state index is 5.63. The predicted molar refractivity (Wildman–Crippen MR) is 59.5 cm³/mol. The lowest BCUT2D eigenvalue weighted by Gasteiger charge is -2.19. The quantitative estimate of drug-likeness (QED) is 0.740. The van der Waals surface area contributed by atoms with E-state index in [0.29, 0.717) is 12.6 Å². The second kappa shape index (κ2) is 4.86. The molecule has 0 aromatic heterocycles. The third kappa shape index (κ3) is 3.26. The zero-order valence-corrected chi connectivity index (χ0v) is 9.03. The van der Waals surface area contributed by atoms with Crippen LogP contribution in [0, 0.1) is 0 Å². The van der Waals surface area contributed by atoms with Gasteiger partial charge >= 0.3 is 0 Å². The molecule has 0 aliphatic carbocycles. The minimum Gasteiger partial charge on any atom is -0.492 e. The van der Waals surface area contributed by atoms with Crippen molar-refractivity contribution in [3.8, 4) is 5.75 Å². The summed E-state index contributed by atoms with van der Waals surface area (Å²) in [6.07, 6.45) is 0. The Morgan fingerprint density at radius 2 is 2.14 bits per heavy atom. The summed E-state index contributed by atoms with van der Waals surface area (Å²) in [4.78, 5) is 2.12. The summed E-state index contributed by atoms with van der Waals surface area (Å²) in [7, 11) is 4.07. The molecular formula is C11H18N2O.